The van der Waals surface area contributed by atoms with Crippen LogP contribution in [-0.4, -0.2) is 63.8 Å². The van der Waals surface area contributed by atoms with Gasteiger partial charge in [0.2, 0.25) is 0 Å². The van der Waals surface area contributed by atoms with Crippen molar-refractivity contribution in [1.82, 2.24) is 25.3 Å². The Bertz CT molecular complexity index is 800. The lowest BCUT2D eigenvalue weighted by Gasteiger charge is -2.35. The number of aromatic nitrogens is 2. The molecule has 1 saturated heterocycles. The first-order valence-corrected chi connectivity index (χ1v) is 10.4. The summed E-state index contributed by atoms with van der Waals surface area (Å²) in [6.45, 7) is 16.5. The van der Waals surface area contributed by atoms with Gasteiger partial charge in [0.1, 0.15) is 11.3 Å². The SMILES string of the molecule is CN=C(NCc1c(C)nn(C)c1C)NCC1C(C)OC(C)(C)N1C(=O)OC(C)(C)C.I. The van der Waals surface area contributed by atoms with E-state index >= 15 is 0 Å². The Morgan fingerprint density at radius 3 is 2.39 bits per heavy atom. The topological polar surface area (TPSA) is 93.0 Å². The standard InChI is InChI=1S/C21H38N6O3.HI/c1-13-16(14(2)26(10)25-13)11-23-18(22-9)24-12-17-15(3)29-21(7,8)27(17)19(28)30-20(4,5)6;/h15,17H,11-12H2,1-10H3,(H2,22,23,24);1H. The second-order valence-corrected chi connectivity index (χ2v) is 9.27. The zero-order chi connectivity index (χ0) is 22.9. The van der Waals surface area contributed by atoms with Crippen molar-refractivity contribution in [2.75, 3.05) is 13.6 Å². The minimum Gasteiger partial charge on any atom is -0.444 e. The number of halogens is 1. The third kappa shape index (κ3) is 6.71. The molecule has 0 radical (unpaired) electrons. The number of guanidine groups is 1. The predicted molar refractivity (Wildman–Crippen MR) is 133 cm³/mol. The molecule has 1 amide bonds. The summed E-state index contributed by atoms with van der Waals surface area (Å²) < 4.78 is 13.6. The highest BCUT2D eigenvalue weighted by Crippen LogP contribution is 2.33. The van der Waals surface area contributed by atoms with Gasteiger partial charge in [-0.25, -0.2) is 4.79 Å². The Morgan fingerprint density at radius 1 is 1.29 bits per heavy atom. The molecule has 1 aromatic rings. The van der Waals surface area contributed by atoms with Gasteiger partial charge in [-0.15, -0.1) is 24.0 Å². The number of amides is 1. The van der Waals surface area contributed by atoms with E-state index < -0.39 is 11.3 Å². The highest BCUT2D eigenvalue weighted by Gasteiger charge is 2.49. The Labute approximate surface area is 203 Å². The molecule has 2 atom stereocenters. The largest absolute Gasteiger partial charge is 0.444 e. The molecule has 2 unspecified atom stereocenters. The van der Waals surface area contributed by atoms with E-state index in [-0.39, 0.29) is 42.2 Å². The van der Waals surface area contributed by atoms with Crippen molar-refractivity contribution < 1.29 is 14.3 Å². The van der Waals surface area contributed by atoms with Crippen LogP contribution in [0.2, 0.25) is 0 Å². The van der Waals surface area contributed by atoms with Gasteiger partial charge in [-0.05, 0) is 55.4 Å². The number of nitrogens with one attached hydrogen (secondary N) is 2. The lowest BCUT2D eigenvalue weighted by molar-refractivity contribution is -0.0755. The minimum atomic E-state index is -0.755. The fourth-order valence-electron chi connectivity index (χ4n) is 3.79. The zero-order valence-corrected chi connectivity index (χ0v) is 22.8. The number of nitrogens with zero attached hydrogens (tertiary/aromatic N) is 4. The van der Waals surface area contributed by atoms with Gasteiger partial charge in [-0.2, -0.15) is 5.10 Å². The molecule has 0 aromatic carbocycles. The fraction of sp³-hybridized carbons (Fsp3) is 0.762. The zero-order valence-electron chi connectivity index (χ0n) is 20.5. The van der Waals surface area contributed by atoms with Crippen LogP contribution < -0.4 is 10.6 Å². The summed E-state index contributed by atoms with van der Waals surface area (Å²) in [5, 5.41) is 11.1. The second kappa shape index (κ2) is 10.4. The summed E-state index contributed by atoms with van der Waals surface area (Å²) in [7, 11) is 3.66. The van der Waals surface area contributed by atoms with Gasteiger partial charge < -0.3 is 20.1 Å². The number of aliphatic imine (C=N–C) groups is 1. The maximum atomic E-state index is 12.9. The number of hydrogen-bond donors (Lipinski definition) is 2. The first-order chi connectivity index (χ1) is 13.8. The second-order valence-electron chi connectivity index (χ2n) is 9.27. The Hall–Kier alpha value is -1.56. The summed E-state index contributed by atoms with van der Waals surface area (Å²) in [6, 6.07) is -0.199. The van der Waals surface area contributed by atoms with Gasteiger partial charge in [0.05, 0.1) is 17.8 Å². The van der Waals surface area contributed by atoms with E-state index in [2.05, 4.69) is 20.7 Å². The van der Waals surface area contributed by atoms with E-state index in [1.807, 2.05) is 67.1 Å². The lowest BCUT2D eigenvalue weighted by atomic mass is 10.1. The molecule has 1 aromatic heterocycles. The van der Waals surface area contributed by atoms with Crippen molar-refractivity contribution >= 4 is 36.0 Å². The van der Waals surface area contributed by atoms with E-state index in [1.165, 1.54) is 0 Å². The van der Waals surface area contributed by atoms with Crippen molar-refractivity contribution in [3.63, 3.8) is 0 Å². The normalized spacial score (nSPS) is 21.0. The molecule has 0 spiro atoms. The van der Waals surface area contributed by atoms with Crippen molar-refractivity contribution in [3.8, 4) is 0 Å². The fourth-order valence-corrected chi connectivity index (χ4v) is 3.79. The Kier molecular flexibility index (Phi) is 9.19. The minimum absolute atomic E-state index is 0. The third-order valence-electron chi connectivity index (χ3n) is 5.31. The van der Waals surface area contributed by atoms with E-state index in [0.29, 0.717) is 19.0 Å². The first kappa shape index (κ1) is 27.5. The monoisotopic (exact) mass is 550 g/mol. The van der Waals surface area contributed by atoms with Crippen molar-refractivity contribution in [3.05, 3.63) is 17.0 Å². The summed E-state index contributed by atoms with van der Waals surface area (Å²) in [5.74, 6) is 0.652. The van der Waals surface area contributed by atoms with Gasteiger partial charge in [-0.1, -0.05) is 0 Å². The number of rotatable bonds is 4. The molecule has 178 valence electrons. The molecule has 31 heavy (non-hydrogen) atoms. The average molecular weight is 550 g/mol. The van der Waals surface area contributed by atoms with Crippen LogP contribution in [0.25, 0.3) is 0 Å². The molecule has 2 N–H and O–H groups in total. The van der Waals surface area contributed by atoms with Crippen LogP contribution in [0, 0.1) is 13.8 Å². The third-order valence-corrected chi connectivity index (χ3v) is 5.31. The number of ether oxygens (including phenoxy) is 2. The smallest absolute Gasteiger partial charge is 0.412 e. The molecule has 2 rings (SSSR count). The number of aryl methyl sites for hydroxylation is 2. The van der Waals surface area contributed by atoms with Gasteiger partial charge in [0.25, 0.3) is 0 Å². The van der Waals surface area contributed by atoms with Crippen LogP contribution in [0.15, 0.2) is 4.99 Å². The van der Waals surface area contributed by atoms with E-state index in [9.17, 15) is 4.79 Å². The van der Waals surface area contributed by atoms with E-state index in [1.54, 1.807) is 11.9 Å². The van der Waals surface area contributed by atoms with Crippen molar-refractivity contribution in [2.45, 2.75) is 85.4 Å². The molecule has 1 fully saturated rings. The van der Waals surface area contributed by atoms with Crippen LogP contribution in [0.1, 0.15) is 58.5 Å². The van der Waals surface area contributed by atoms with Crippen LogP contribution in [0.3, 0.4) is 0 Å². The van der Waals surface area contributed by atoms with Crippen LogP contribution in [0.4, 0.5) is 4.79 Å². The Balaban J connectivity index is 0.00000480. The lowest BCUT2D eigenvalue weighted by Crippen LogP contribution is -2.54. The Morgan fingerprint density at radius 2 is 1.90 bits per heavy atom. The van der Waals surface area contributed by atoms with Gasteiger partial charge >= 0.3 is 6.09 Å². The average Bonchev–Trinajstić information content (AvgIpc) is 2.97. The molecular formula is C21H39IN6O3. The molecule has 9 nitrogen and oxygen atoms in total. The maximum absolute atomic E-state index is 12.9. The maximum Gasteiger partial charge on any atom is 0.412 e. The van der Waals surface area contributed by atoms with Crippen molar-refractivity contribution in [2.24, 2.45) is 12.0 Å². The predicted octanol–water partition coefficient (Wildman–Crippen LogP) is 3.08. The highest BCUT2D eigenvalue weighted by atomic mass is 127. The van der Waals surface area contributed by atoms with Gasteiger partial charge in [0.15, 0.2) is 5.96 Å². The molecule has 0 saturated carbocycles. The van der Waals surface area contributed by atoms with Crippen LogP contribution in [0.5, 0.6) is 0 Å². The molecule has 0 bridgehead atoms. The highest BCUT2D eigenvalue weighted by molar-refractivity contribution is 14.0. The van der Waals surface area contributed by atoms with Gasteiger partial charge in [0, 0.05) is 38.4 Å². The summed E-state index contributed by atoms with van der Waals surface area (Å²) in [5.41, 5.74) is 1.93. The van der Waals surface area contributed by atoms with E-state index in [0.717, 1.165) is 17.0 Å². The summed E-state index contributed by atoms with van der Waals surface area (Å²) >= 11 is 0. The molecule has 1 aliphatic heterocycles. The van der Waals surface area contributed by atoms with Gasteiger partial charge in [-0.3, -0.25) is 14.6 Å². The number of hydrogen-bond acceptors (Lipinski definition) is 5. The summed E-state index contributed by atoms with van der Waals surface area (Å²) in [4.78, 5) is 18.9. The van der Waals surface area contributed by atoms with Crippen LogP contribution in [-0.2, 0) is 23.1 Å². The number of carbonyl (C=O) groups is 1. The van der Waals surface area contributed by atoms with Crippen molar-refractivity contribution in [1.29, 1.82) is 0 Å². The van der Waals surface area contributed by atoms with Crippen LogP contribution >= 0.6 is 24.0 Å². The summed E-state index contributed by atoms with van der Waals surface area (Å²) in [6.07, 6.45) is -0.533. The first-order valence-electron chi connectivity index (χ1n) is 10.4. The molecule has 10 heteroatoms. The molecule has 0 aliphatic carbocycles. The van der Waals surface area contributed by atoms with E-state index in [4.69, 9.17) is 9.47 Å². The molecule has 2 heterocycles. The molecular weight excluding hydrogens is 511 g/mol. The number of carbonyl (C=O) groups excluding carboxylic acids is 1. The molecule has 1 aliphatic rings. The quantitative estimate of drug-likeness (QED) is 0.340.